The first-order valence-electron chi connectivity index (χ1n) is 0.563. The van der Waals surface area contributed by atoms with Crippen LogP contribution in [0.1, 0.15) is 0 Å². The van der Waals surface area contributed by atoms with Crippen molar-refractivity contribution in [2.45, 2.75) is 0 Å². The summed E-state index contributed by atoms with van der Waals surface area (Å²) in [5.41, 5.74) is 0. The molecule has 0 fully saturated rings. The van der Waals surface area contributed by atoms with Crippen LogP contribution in [0.25, 0.3) is 0 Å². The van der Waals surface area contributed by atoms with E-state index in [1.165, 1.54) is 0 Å². The van der Waals surface area contributed by atoms with Gasteiger partial charge in [-0.15, -0.1) is 0 Å². The molecule has 0 bridgehead atoms. The molecule has 0 aromatic heterocycles. The van der Waals surface area contributed by atoms with E-state index in [-0.39, 0.29) is 0 Å². The Bertz CT molecular complexity index is 8.00. The topological polar surface area (TPSA) is 57.9 Å². The van der Waals surface area contributed by atoms with Crippen molar-refractivity contribution in [1.82, 2.24) is 4.15 Å². The molecule has 0 aliphatic rings. The van der Waals surface area contributed by atoms with Crippen LogP contribution in [0.3, 0.4) is 0 Å². The average Bonchev–Trinajstić information content (AvgIpc) is 1.37. The van der Waals surface area contributed by atoms with Crippen LogP contribution in [0.5, 0.6) is 0 Å². The molecule has 0 aromatic carbocycles. The standard InChI is InChI=1S/Ir.HNO.H2N/c;1-2;/h;1H;1H2/q+2;2*-1. The van der Waals surface area contributed by atoms with Gasteiger partial charge in [-0.05, 0) is 0 Å². The summed E-state index contributed by atoms with van der Waals surface area (Å²) in [5.74, 6) is 0. The molecule has 0 aliphatic carbocycles. The van der Waals surface area contributed by atoms with Gasteiger partial charge >= 0.3 is 31.9 Å². The van der Waals surface area contributed by atoms with E-state index in [0.29, 0.717) is 0 Å². The van der Waals surface area contributed by atoms with Gasteiger partial charge < -0.3 is 0 Å². The quantitative estimate of drug-likeness (QED) is 0.564. The first kappa shape index (κ1) is 4.53. The number of rotatable bonds is 1. The number of nitrogens with one attached hydrogen (secondary N) is 1. The van der Waals surface area contributed by atoms with Crippen molar-refractivity contribution in [3.8, 4) is 0 Å². The molecule has 1 radical (unpaired) electrons. The van der Waals surface area contributed by atoms with E-state index in [4.69, 9.17) is 9.61 Å². The van der Waals surface area contributed by atoms with Crippen molar-refractivity contribution >= 4 is 0 Å². The Morgan fingerprint density at radius 3 is 2.25 bits per heavy atom. The minimum atomic E-state index is -0.792. The zero-order valence-electron chi connectivity index (χ0n) is 1.82. The third kappa shape index (κ3) is 2.53. The number of hydrogen-bond acceptors (Lipinski definition) is 2. The third-order valence-corrected chi connectivity index (χ3v) is 0.322. The molecule has 0 unspecified atom stereocenters. The second kappa shape index (κ2) is 3.53. The maximum atomic E-state index is 8.98. The van der Waals surface area contributed by atoms with Gasteiger partial charge in [-0.3, -0.25) is 0 Å². The van der Waals surface area contributed by atoms with Gasteiger partial charge in [0.15, 0.2) is 0 Å². The van der Waals surface area contributed by atoms with Gasteiger partial charge in [-0.25, -0.2) is 0 Å². The summed E-state index contributed by atoms with van der Waals surface area (Å²) in [6.07, 6.45) is 0. The van der Waals surface area contributed by atoms with Gasteiger partial charge in [0, 0.05) is 0 Å². The molecule has 0 aliphatic heterocycles. The van der Waals surface area contributed by atoms with Crippen molar-refractivity contribution < 1.29 is 23.4 Å². The van der Waals surface area contributed by atoms with Gasteiger partial charge in [0.1, 0.15) is 0 Å². The molecular weight excluding hydrogens is 236 g/mol. The molecule has 4 heavy (non-hydrogen) atoms. The van der Waals surface area contributed by atoms with E-state index in [0.717, 1.165) is 0 Å². The fraction of sp³-hybridized carbons (Fsp3) is 0. The molecule has 0 heterocycles. The van der Waals surface area contributed by atoms with E-state index in [9.17, 15) is 0 Å². The number of hydrogen-bond donors (Lipinski definition) is 2. The van der Waals surface area contributed by atoms with Crippen molar-refractivity contribution in [3.05, 3.63) is 0 Å². The summed E-state index contributed by atoms with van der Waals surface area (Å²) in [7, 11) is 0. The molecule has 28 valence electrons. The molecule has 0 saturated carbocycles. The monoisotopic (exact) mass is 240 g/mol. The Labute approximate surface area is 32.7 Å². The van der Waals surface area contributed by atoms with Crippen LogP contribution in [-0.2, 0) is 23.4 Å². The predicted octanol–water partition coefficient (Wildman–Crippen LogP) is -1.21. The first-order chi connectivity index (χ1) is 1.91. The van der Waals surface area contributed by atoms with Crippen LogP contribution in [0.2, 0.25) is 0 Å². The molecule has 3 N–H and O–H groups in total. The van der Waals surface area contributed by atoms with Gasteiger partial charge in [0.05, 0.1) is 0 Å². The average molecular weight is 239 g/mol. The van der Waals surface area contributed by atoms with Gasteiger partial charge in [0.2, 0.25) is 0 Å². The van der Waals surface area contributed by atoms with Gasteiger partial charge in [-0.2, -0.15) is 0 Å². The van der Waals surface area contributed by atoms with Crippen molar-refractivity contribution in [3.63, 3.8) is 0 Å². The van der Waals surface area contributed by atoms with E-state index in [1.807, 2.05) is 0 Å². The minimum absolute atomic E-state index is 0.792. The zero-order valence-corrected chi connectivity index (χ0v) is 4.21. The SMILES string of the molecule is [NH2][Ir][NH][O]. The molecule has 0 saturated heterocycles. The van der Waals surface area contributed by atoms with Crippen LogP contribution in [0.15, 0.2) is 0 Å². The zero-order chi connectivity index (χ0) is 3.41. The van der Waals surface area contributed by atoms with Crippen LogP contribution in [-0.4, -0.2) is 0 Å². The second-order valence-corrected chi connectivity index (χ2v) is 1.34. The first-order valence-corrected chi connectivity index (χ1v) is 3.14. The third-order valence-electron chi connectivity index (χ3n) is 0.0393. The summed E-state index contributed by atoms with van der Waals surface area (Å²) >= 11 is -0.792. The molecule has 0 amide bonds. The van der Waals surface area contributed by atoms with Crippen LogP contribution in [0, 0.1) is 0 Å². The molecule has 0 atom stereocenters. The molecule has 0 spiro atoms. The summed E-state index contributed by atoms with van der Waals surface area (Å²) in [5, 5.41) is 8.98. The molecular formula is H3IrN2O. The van der Waals surface area contributed by atoms with Gasteiger partial charge in [0.25, 0.3) is 0 Å². The Kier molecular flexibility index (Phi) is 4.00. The summed E-state index contributed by atoms with van der Waals surface area (Å²) in [6, 6.07) is 0. The molecule has 4 heteroatoms. The summed E-state index contributed by atoms with van der Waals surface area (Å²) in [4.78, 5) is 0. The second-order valence-electron chi connectivity index (χ2n) is 0.164. The molecule has 0 rings (SSSR count). The summed E-state index contributed by atoms with van der Waals surface area (Å²) < 4.78 is 6.31. The Hall–Kier alpha value is 0.529. The summed E-state index contributed by atoms with van der Waals surface area (Å²) in [6.45, 7) is 0. The molecule has 0 aromatic rings. The van der Waals surface area contributed by atoms with Gasteiger partial charge in [-0.1, -0.05) is 0 Å². The normalized spacial score (nSPS) is 8.50. The Morgan fingerprint density at radius 2 is 2.25 bits per heavy atom. The van der Waals surface area contributed by atoms with Crippen molar-refractivity contribution in [2.24, 2.45) is 4.40 Å². The van der Waals surface area contributed by atoms with Crippen LogP contribution >= 0.6 is 0 Å². The predicted molar refractivity (Wildman–Crippen MR) is 8.01 cm³/mol. The Morgan fingerprint density at radius 1 is 2.00 bits per heavy atom. The van der Waals surface area contributed by atoms with E-state index < -0.39 is 18.2 Å². The van der Waals surface area contributed by atoms with Crippen LogP contribution in [0.4, 0.5) is 0 Å². The van der Waals surface area contributed by atoms with E-state index >= 15 is 0 Å². The molecule has 3 nitrogen and oxygen atoms in total. The number of nitrogens with two attached hydrogens (primary N) is 1. The van der Waals surface area contributed by atoms with E-state index in [2.05, 4.69) is 0 Å². The van der Waals surface area contributed by atoms with E-state index in [1.54, 1.807) is 4.15 Å². The maximum absolute atomic E-state index is 8.98. The Balaban J connectivity index is 1.97. The fourth-order valence-electron chi connectivity index (χ4n) is 0. The van der Waals surface area contributed by atoms with Crippen molar-refractivity contribution in [2.75, 3.05) is 0 Å². The van der Waals surface area contributed by atoms with Crippen molar-refractivity contribution in [1.29, 1.82) is 0 Å². The van der Waals surface area contributed by atoms with Crippen LogP contribution < -0.4 is 8.55 Å². The fourth-order valence-corrected chi connectivity index (χ4v) is 0.